The molecule has 222 valence electrons. The fourth-order valence-electron chi connectivity index (χ4n) is 4.87. The molecule has 0 saturated carbocycles. The Morgan fingerprint density at radius 2 is 1.37 bits per heavy atom. The van der Waals surface area contributed by atoms with E-state index in [0.717, 1.165) is 5.56 Å². The summed E-state index contributed by atoms with van der Waals surface area (Å²) in [6, 6.07) is 27.6. The molecule has 6 nitrogen and oxygen atoms in total. The van der Waals surface area contributed by atoms with Gasteiger partial charge in [-0.1, -0.05) is 78.9 Å². The highest BCUT2D eigenvalue weighted by atomic mass is 31.2. The van der Waals surface area contributed by atoms with E-state index < -0.39 is 31.0 Å². The molecule has 1 unspecified atom stereocenters. The largest absolute Gasteiger partial charge is 0.465 e. The van der Waals surface area contributed by atoms with E-state index in [1.165, 1.54) is 43.5 Å². The fraction of sp³-hybridized carbons (Fsp3) is 0.152. The first kappa shape index (κ1) is 31.6. The summed E-state index contributed by atoms with van der Waals surface area (Å²) in [4.78, 5) is 26.6. The minimum atomic E-state index is -4.59. The Morgan fingerprint density at radius 3 is 1.95 bits per heavy atom. The van der Waals surface area contributed by atoms with Crippen LogP contribution in [0.4, 0.5) is 13.4 Å². The monoisotopic (exact) mass is 608 g/mol. The van der Waals surface area contributed by atoms with Gasteiger partial charge in [0.1, 0.15) is 5.82 Å². The maximum Gasteiger partial charge on any atom is 0.399 e. The molecule has 0 heterocycles. The summed E-state index contributed by atoms with van der Waals surface area (Å²) in [6.07, 6.45) is 3.50. The number of methoxy groups -OCH3 is 1. The molecule has 0 aromatic heterocycles. The van der Waals surface area contributed by atoms with Crippen LogP contribution in [0.5, 0.6) is 0 Å². The maximum atomic E-state index is 14.4. The smallest absolute Gasteiger partial charge is 0.399 e. The second-order valence-corrected chi connectivity index (χ2v) is 11.7. The molecule has 0 bridgehead atoms. The molecule has 1 atom stereocenters. The molecule has 0 saturated heterocycles. The highest BCUT2D eigenvalue weighted by Gasteiger charge is 2.40. The second-order valence-electron chi connectivity index (χ2n) is 9.90. The minimum absolute atomic E-state index is 0.150. The van der Waals surface area contributed by atoms with Gasteiger partial charge in [-0.05, 0) is 80.5 Å². The lowest BCUT2D eigenvalue weighted by atomic mass is 9.68. The lowest BCUT2D eigenvalue weighted by Gasteiger charge is -2.33. The van der Waals surface area contributed by atoms with E-state index in [1.54, 1.807) is 36.4 Å². The number of hydrogen-bond acceptors (Lipinski definition) is 6. The molecule has 43 heavy (non-hydrogen) atoms. The summed E-state index contributed by atoms with van der Waals surface area (Å²) in [6.45, 7) is 0. The Balaban J connectivity index is 1.81. The van der Waals surface area contributed by atoms with Crippen molar-refractivity contribution in [2.75, 3.05) is 7.11 Å². The number of esters is 1. The van der Waals surface area contributed by atoms with Crippen molar-refractivity contribution in [1.29, 1.82) is 0 Å². The van der Waals surface area contributed by atoms with Crippen molar-refractivity contribution in [3.63, 3.8) is 0 Å². The summed E-state index contributed by atoms with van der Waals surface area (Å²) in [5.41, 5.74) is 1.81. The first-order valence-electron chi connectivity index (χ1n) is 13.2. The average Bonchev–Trinajstić information content (AvgIpc) is 3.05. The standard InChI is InChI=1S/C33H28F3O6P/c1-40-32(38)28-13-17-29(18-14-28)33(21-5-8-24-6-3-2-4-7-24,31(37)27-15-19-30(34)20-16-27)22-25-9-11-26(12-10-25)23-43(39,41-35)42-36/h2-20H,21-23H2,1H3/b8-5+. The molecule has 0 N–H and O–H groups in total. The molecular weight excluding hydrogens is 580 g/mol. The fourth-order valence-corrected chi connectivity index (χ4v) is 5.65. The van der Waals surface area contributed by atoms with Gasteiger partial charge in [0.05, 0.1) is 24.3 Å². The van der Waals surface area contributed by atoms with Gasteiger partial charge in [-0.3, -0.25) is 9.36 Å². The zero-order chi connectivity index (χ0) is 30.9. The van der Waals surface area contributed by atoms with Gasteiger partial charge in [0.2, 0.25) is 0 Å². The highest BCUT2D eigenvalue weighted by Crippen LogP contribution is 2.52. The van der Waals surface area contributed by atoms with Crippen molar-refractivity contribution in [3.8, 4) is 0 Å². The Labute approximate surface area is 247 Å². The lowest BCUT2D eigenvalue weighted by Crippen LogP contribution is -2.38. The Morgan fingerprint density at radius 1 is 0.791 bits per heavy atom. The summed E-state index contributed by atoms with van der Waals surface area (Å²) in [7, 11) is -3.32. The number of benzene rings is 4. The average molecular weight is 609 g/mol. The molecule has 4 aromatic rings. The number of Topliss-reactive ketones (excluding diaryl/α,β-unsaturated/α-hetero) is 1. The van der Waals surface area contributed by atoms with E-state index in [0.29, 0.717) is 16.7 Å². The number of ketones is 1. The van der Waals surface area contributed by atoms with Crippen LogP contribution < -0.4 is 0 Å². The predicted octanol–water partition coefficient (Wildman–Crippen LogP) is 8.57. The van der Waals surface area contributed by atoms with Gasteiger partial charge >= 0.3 is 13.6 Å². The highest BCUT2D eigenvalue weighted by molar-refractivity contribution is 7.52. The van der Waals surface area contributed by atoms with Gasteiger partial charge in [0, 0.05) is 5.56 Å². The van der Waals surface area contributed by atoms with Gasteiger partial charge in [-0.2, -0.15) is 0 Å². The van der Waals surface area contributed by atoms with Crippen molar-refractivity contribution >= 4 is 25.4 Å². The molecule has 4 aromatic carbocycles. The normalized spacial score (nSPS) is 13.0. The van der Waals surface area contributed by atoms with Crippen LogP contribution in [0.1, 0.15) is 49.4 Å². The summed E-state index contributed by atoms with van der Waals surface area (Å²) in [5, 5.41) is 0. The van der Waals surface area contributed by atoms with E-state index in [1.807, 2.05) is 42.5 Å². The number of rotatable bonds is 13. The third-order valence-corrected chi connectivity index (χ3v) is 8.26. The number of hydrogen-bond donors (Lipinski definition) is 0. The molecule has 0 aliphatic carbocycles. The van der Waals surface area contributed by atoms with Crippen LogP contribution in [0, 0.1) is 5.82 Å². The van der Waals surface area contributed by atoms with Crippen LogP contribution in [0.3, 0.4) is 0 Å². The van der Waals surface area contributed by atoms with Crippen molar-refractivity contribution in [1.82, 2.24) is 0 Å². The summed E-state index contributed by atoms with van der Waals surface area (Å²) in [5.74, 6) is -1.31. The van der Waals surface area contributed by atoms with Crippen molar-refractivity contribution in [3.05, 3.63) is 148 Å². The van der Waals surface area contributed by atoms with E-state index in [-0.39, 0.29) is 29.8 Å². The molecule has 0 fully saturated rings. The molecule has 0 radical (unpaired) electrons. The third-order valence-electron chi connectivity index (χ3n) is 7.09. The van der Waals surface area contributed by atoms with Crippen molar-refractivity contribution in [2.45, 2.75) is 24.4 Å². The molecule has 10 heteroatoms. The van der Waals surface area contributed by atoms with Crippen LogP contribution in [0.2, 0.25) is 0 Å². The van der Waals surface area contributed by atoms with Crippen LogP contribution in [-0.4, -0.2) is 18.9 Å². The number of carbonyl (C=O) groups is 2. The molecule has 0 amide bonds. The zero-order valence-corrected chi connectivity index (χ0v) is 24.0. The third kappa shape index (κ3) is 7.76. The Bertz CT molecular complexity index is 1600. The van der Waals surface area contributed by atoms with Crippen LogP contribution in [0.25, 0.3) is 6.08 Å². The number of halogens is 3. The number of allylic oxidation sites excluding steroid dienone is 1. The van der Waals surface area contributed by atoms with Gasteiger partial charge in [0.25, 0.3) is 0 Å². The lowest BCUT2D eigenvalue weighted by molar-refractivity contribution is -0.0881. The van der Waals surface area contributed by atoms with Gasteiger partial charge < -0.3 is 4.74 Å². The number of carbonyl (C=O) groups excluding carboxylic acids is 2. The van der Waals surface area contributed by atoms with E-state index in [9.17, 15) is 27.6 Å². The Hall–Kier alpha value is -4.30. The summed E-state index contributed by atoms with van der Waals surface area (Å²) >= 11 is 0. The predicted molar refractivity (Wildman–Crippen MR) is 156 cm³/mol. The molecular formula is C33H28F3O6P. The van der Waals surface area contributed by atoms with E-state index in [4.69, 9.17) is 4.74 Å². The van der Waals surface area contributed by atoms with E-state index >= 15 is 0 Å². The quantitative estimate of drug-likeness (QED) is 0.0860. The first-order valence-corrected chi connectivity index (χ1v) is 14.9. The molecule has 4 rings (SSSR count). The SMILES string of the molecule is COC(=O)c1ccc(C(C/C=C/c2ccccc2)(Cc2ccc(CP(=O)(OF)OF)cc2)C(=O)c2ccc(F)cc2)cc1. The summed E-state index contributed by atoms with van der Waals surface area (Å²) < 4.78 is 62.2. The van der Waals surface area contributed by atoms with Crippen LogP contribution in [-0.2, 0) is 36.8 Å². The van der Waals surface area contributed by atoms with Gasteiger partial charge in [-0.15, -0.1) is 9.46 Å². The van der Waals surface area contributed by atoms with Crippen LogP contribution >= 0.6 is 7.60 Å². The second kappa shape index (κ2) is 14.2. The van der Waals surface area contributed by atoms with E-state index in [2.05, 4.69) is 9.46 Å². The molecule has 0 aliphatic rings. The van der Waals surface area contributed by atoms with Crippen LogP contribution in [0.15, 0.2) is 109 Å². The number of ether oxygens (including phenoxy) is 1. The van der Waals surface area contributed by atoms with Gasteiger partial charge in [-0.25, -0.2) is 9.18 Å². The maximum absolute atomic E-state index is 14.4. The van der Waals surface area contributed by atoms with Crippen molar-refractivity contribution < 1.29 is 41.8 Å². The first-order chi connectivity index (χ1) is 20.7. The topological polar surface area (TPSA) is 78.9 Å². The zero-order valence-electron chi connectivity index (χ0n) is 23.1. The van der Waals surface area contributed by atoms with Crippen molar-refractivity contribution in [2.24, 2.45) is 0 Å². The van der Waals surface area contributed by atoms with Gasteiger partial charge in [0.15, 0.2) is 5.78 Å². The molecule has 0 spiro atoms. The Kier molecular flexibility index (Phi) is 10.5. The molecule has 0 aliphatic heterocycles. The minimum Gasteiger partial charge on any atom is -0.465 e.